The van der Waals surface area contributed by atoms with E-state index in [-0.39, 0.29) is 16.2 Å². The van der Waals surface area contributed by atoms with Crippen LogP contribution in [0.25, 0.3) is 0 Å². The van der Waals surface area contributed by atoms with Crippen molar-refractivity contribution >= 4 is 48.9 Å². The Balaban J connectivity index is 1.88. The normalized spacial score (nSPS) is 11.5. The lowest BCUT2D eigenvalue weighted by molar-refractivity contribution is 0.0757. The summed E-state index contributed by atoms with van der Waals surface area (Å²) in [6.07, 6.45) is 0.912. The molecule has 2 aromatic rings. The number of anilines is 1. The molecule has 9 heteroatoms. The van der Waals surface area contributed by atoms with Gasteiger partial charge in [0.05, 0.1) is 9.89 Å². The van der Waals surface area contributed by atoms with E-state index in [4.69, 9.17) is 4.74 Å². The average Bonchev–Trinajstić information content (AvgIpc) is 3.02. The Bertz CT molecular complexity index is 833. The van der Waals surface area contributed by atoms with Gasteiger partial charge in [0.15, 0.2) is 0 Å². The molecule has 1 amide bonds. The average molecular weight is 461 g/mol. The fourth-order valence-corrected chi connectivity index (χ4v) is 5.10. The van der Waals surface area contributed by atoms with Gasteiger partial charge in [-0.1, -0.05) is 0 Å². The number of halogens is 1. The van der Waals surface area contributed by atoms with Crippen LogP contribution in [0.1, 0.15) is 30.6 Å². The second-order valence-corrected chi connectivity index (χ2v) is 10.1. The maximum absolute atomic E-state index is 12.3. The summed E-state index contributed by atoms with van der Waals surface area (Å²) >= 11 is 4.38. The second-order valence-electron chi connectivity index (χ2n) is 5.77. The van der Waals surface area contributed by atoms with Gasteiger partial charge in [0.2, 0.25) is 0 Å². The first-order valence-corrected chi connectivity index (χ1v) is 11.2. The summed E-state index contributed by atoms with van der Waals surface area (Å²) in [4.78, 5) is 12.1. The van der Waals surface area contributed by atoms with Gasteiger partial charge in [-0.3, -0.25) is 9.52 Å². The van der Waals surface area contributed by atoms with Crippen LogP contribution < -0.4 is 10.0 Å². The zero-order valence-electron chi connectivity index (χ0n) is 14.5. The molecule has 6 nitrogen and oxygen atoms in total. The van der Waals surface area contributed by atoms with E-state index in [9.17, 15) is 13.2 Å². The Labute approximate surface area is 166 Å². The van der Waals surface area contributed by atoms with Gasteiger partial charge in [0, 0.05) is 24.4 Å². The van der Waals surface area contributed by atoms with E-state index in [0.717, 1.165) is 21.5 Å². The number of benzene rings is 1. The number of ether oxygens (including phenoxy) is 1. The first-order chi connectivity index (χ1) is 12.3. The van der Waals surface area contributed by atoms with Gasteiger partial charge in [0.25, 0.3) is 15.9 Å². The highest BCUT2D eigenvalue weighted by Crippen LogP contribution is 2.27. The van der Waals surface area contributed by atoms with Crippen molar-refractivity contribution in [2.75, 3.05) is 17.9 Å². The number of hydrogen-bond donors (Lipinski definition) is 2. The maximum atomic E-state index is 12.3. The summed E-state index contributed by atoms with van der Waals surface area (Å²) in [6.45, 7) is 5.04. The summed E-state index contributed by atoms with van der Waals surface area (Å²) < 4.78 is 33.4. The summed E-state index contributed by atoms with van der Waals surface area (Å²) in [6, 6.07) is 9.51. The molecule has 2 rings (SSSR count). The minimum absolute atomic E-state index is 0.178. The lowest BCUT2D eigenvalue weighted by Gasteiger charge is -2.09. The van der Waals surface area contributed by atoms with Crippen LogP contribution in [0.2, 0.25) is 0 Å². The van der Waals surface area contributed by atoms with Crippen LogP contribution in [-0.4, -0.2) is 33.6 Å². The summed E-state index contributed by atoms with van der Waals surface area (Å²) in [5.74, 6) is -0.203. The molecule has 142 valence electrons. The Hall–Kier alpha value is -1.42. The van der Waals surface area contributed by atoms with Gasteiger partial charge in [-0.25, -0.2) is 8.42 Å². The lowest BCUT2D eigenvalue weighted by atomic mass is 10.2. The number of rotatable bonds is 9. The highest BCUT2D eigenvalue weighted by molar-refractivity contribution is 9.11. The molecule has 0 saturated heterocycles. The fraction of sp³-hybridized carbons (Fsp3) is 0.353. The Morgan fingerprint density at radius 1 is 1.19 bits per heavy atom. The van der Waals surface area contributed by atoms with Crippen LogP contribution in [0.15, 0.2) is 44.4 Å². The predicted molar refractivity (Wildman–Crippen MR) is 107 cm³/mol. The predicted octanol–water partition coefficient (Wildman–Crippen LogP) is 3.86. The summed E-state index contributed by atoms with van der Waals surface area (Å²) in [5.41, 5.74) is 0.869. The van der Waals surface area contributed by atoms with E-state index in [0.29, 0.717) is 24.4 Å². The number of carbonyl (C=O) groups is 1. The molecule has 0 saturated carbocycles. The van der Waals surface area contributed by atoms with Crippen molar-refractivity contribution in [3.63, 3.8) is 0 Å². The zero-order chi connectivity index (χ0) is 19.2. The fourth-order valence-electron chi connectivity index (χ4n) is 2.03. The van der Waals surface area contributed by atoms with Crippen molar-refractivity contribution < 1.29 is 17.9 Å². The van der Waals surface area contributed by atoms with E-state index < -0.39 is 10.0 Å². The van der Waals surface area contributed by atoms with Crippen molar-refractivity contribution in [1.29, 1.82) is 0 Å². The van der Waals surface area contributed by atoms with Crippen LogP contribution in [0.4, 0.5) is 5.69 Å². The molecule has 1 heterocycles. The van der Waals surface area contributed by atoms with Crippen molar-refractivity contribution in [3.05, 3.63) is 45.7 Å². The van der Waals surface area contributed by atoms with Crippen molar-refractivity contribution in [2.24, 2.45) is 0 Å². The van der Waals surface area contributed by atoms with Crippen molar-refractivity contribution in [1.82, 2.24) is 5.32 Å². The number of carbonyl (C=O) groups excluding carboxylic acids is 1. The summed E-state index contributed by atoms with van der Waals surface area (Å²) in [5, 5.41) is 2.81. The third-order valence-corrected chi connectivity index (χ3v) is 6.77. The maximum Gasteiger partial charge on any atom is 0.271 e. The molecule has 0 aliphatic heterocycles. The van der Waals surface area contributed by atoms with Gasteiger partial charge in [-0.2, -0.15) is 0 Å². The Morgan fingerprint density at radius 2 is 1.88 bits per heavy atom. The van der Waals surface area contributed by atoms with E-state index >= 15 is 0 Å². The smallest absolute Gasteiger partial charge is 0.271 e. The quantitative estimate of drug-likeness (QED) is 0.556. The van der Waals surface area contributed by atoms with E-state index in [2.05, 4.69) is 26.0 Å². The molecule has 0 aliphatic rings. The van der Waals surface area contributed by atoms with Crippen LogP contribution in [0.5, 0.6) is 0 Å². The molecular formula is C17H21BrN2O4S2. The van der Waals surface area contributed by atoms with Crippen LogP contribution >= 0.6 is 27.3 Å². The standard InChI is InChI=1S/C17H21BrN2O4S2/c1-12(2)24-11-3-10-19-17(21)13-4-6-14(7-5-13)20-26(22,23)16-9-8-15(18)25-16/h4-9,12,20H,3,10-11H2,1-2H3,(H,19,21). The number of nitrogens with one attached hydrogen (secondary N) is 2. The third-order valence-electron chi connectivity index (χ3n) is 3.27. The van der Waals surface area contributed by atoms with Gasteiger partial charge < -0.3 is 10.1 Å². The van der Waals surface area contributed by atoms with Gasteiger partial charge >= 0.3 is 0 Å². The Morgan fingerprint density at radius 3 is 2.46 bits per heavy atom. The first kappa shape index (κ1) is 20.9. The molecule has 1 aromatic carbocycles. The van der Waals surface area contributed by atoms with Crippen molar-refractivity contribution in [3.8, 4) is 0 Å². The van der Waals surface area contributed by atoms with Crippen LogP contribution in [0.3, 0.4) is 0 Å². The molecule has 0 spiro atoms. The molecule has 0 radical (unpaired) electrons. The molecule has 0 unspecified atom stereocenters. The third kappa shape index (κ3) is 6.39. The molecule has 0 atom stereocenters. The second kappa shape index (κ2) is 9.50. The SMILES string of the molecule is CC(C)OCCCNC(=O)c1ccc(NS(=O)(=O)c2ccc(Br)s2)cc1. The Kier molecular flexibility index (Phi) is 7.63. The first-order valence-electron chi connectivity index (χ1n) is 8.06. The van der Waals surface area contributed by atoms with Crippen LogP contribution in [-0.2, 0) is 14.8 Å². The number of amides is 1. The van der Waals surface area contributed by atoms with E-state index in [1.54, 1.807) is 30.3 Å². The number of sulfonamides is 1. The van der Waals surface area contributed by atoms with Gasteiger partial charge in [-0.15, -0.1) is 11.3 Å². The topological polar surface area (TPSA) is 84.5 Å². The molecule has 0 bridgehead atoms. The van der Waals surface area contributed by atoms with Crippen LogP contribution in [0, 0.1) is 0 Å². The number of thiophene rings is 1. The molecule has 1 aromatic heterocycles. The number of hydrogen-bond acceptors (Lipinski definition) is 5. The van der Waals surface area contributed by atoms with E-state index in [1.165, 1.54) is 6.07 Å². The highest BCUT2D eigenvalue weighted by Gasteiger charge is 2.16. The molecule has 2 N–H and O–H groups in total. The molecule has 26 heavy (non-hydrogen) atoms. The lowest BCUT2D eigenvalue weighted by Crippen LogP contribution is -2.25. The van der Waals surface area contributed by atoms with E-state index in [1.807, 2.05) is 13.8 Å². The monoisotopic (exact) mass is 460 g/mol. The van der Waals surface area contributed by atoms with Gasteiger partial charge in [0.1, 0.15) is 4.21 Å². The molecule has 0 fully saturated rings. The minimum atomic E-state index is -3.63. The van der Waals surface area contributed by atoms with Crippen molar-refractivity contribution in [2.45, 2.75) is 30.6 Å². The van der Waals surface area contributed by atoms with Gasteiger partial charge in [-0.05, 0) is 72.6 Å². The largest absolute Gasteiger partial charge is 0.379 e. The highest BCUT2D eigenvalue weighted by atomic mass is 79.9. The zero-order valence-corrected chi connectivity index (χ0v) is 17.7. The minimum Gasteiger partial charge on any atom is -0.379 e. The summed E-state index contributed by atoms with van der Waals surface area (Å²) in [7, 11) is -3.63. The molecular weight excluding hydrogens is 440 g/mol. The molecule has 0 aliphatic carbocycles.